The highest BCUT2D eigenvalue weighted by Gasteiger charge is 2.13. The monoisotopic (exact) mass is 262 g/mol. The molecule has 1 amide bonds. The van der Waals surface area contributed by atoms with Crippen LogP contribution in [0.2, 0.25) is 0 Å². The maximum Gasteiger partial charge on any atom is 0.293 e. The summed E-state index contributed by atoms with van der Waals surface area (Å²) in [5, 5.41) is 2.62. The molecule has 0 atom stereocenters. The van der Waals surface area contributed by atoms with Crippen molar-refractivity contribution in [1.29, 1.82) is 0 Å². The Morgan fingerprint density at radius 3 is 2.84 bits per heavy atom. The average molecular weight is 262 g/mol. The average Bonchev–Trinajstić information content (AvgIpc) is 3.07. The first-order valence-corrected chi connectivity index (χ1v) is 6.34. The summed E-state index contributed by atoms with van der Waals surface area (Å²) < 4.78 is 5.53. The van der Waals surface area contributed by atoms with Crippen LogP contribution in [-0.4, -0.2) is 33.9 Å². The van der Waals surface area contributed by atoms with E-state index < -0.39 is 0 Å². The number of imidazole rings is 1. The topological polar surface area (TPSA) is 74.2 Å². The van der Waals surface area contributed by atoms with Gasteiger partial charge in [-0.15, -0.1) is 0 Å². The molecule has 2 heterocycles. The fourth-order valence-corrected chi connectivity index (χ4v) is 1.76. The number of anilines is 1. The first-order chi connectivity index (χ1) is 9.22. The van der Waals surface area contributed by atoms with Crippen LogP contribution in [0.3, 0.4) is 0 Å². The van der Waals surface area contributed by atoms with Gasteiger partial charge in [-0.05, 0) is 25.2 Å². The molecule has 0 aromatic carbocycles. The quantitative estimate of drug-likeness (QED) is 0.836. The zero-order valence-electron chi connectivity index (χ0n) is 11.1. The van der Waals surface area contributed by atoms with E-state index in [9.17, 15) is 4.79 Å². The number of nitrogens with zero attached hydrogens (tertiary/aromatic N) is 2. The minimum atomic E-state index is -0.305. The zero-order valence-corrected chi connectivity index (χ0v) is 11.1. The number of hydrogen-bond donors (Lipinski definition) is 2. The molecule has 2 N–H and O–H groups in total. The molecule has 19 heavy (non-hydrogen) atoms. The number of hydrogen-bond acceptors (Lipinski definition) is 4. The Morgan fingerprint density at radius 2 is 2.21 bits per heavy atom. The Bertz CT molecular complexity index is 514. The van der Waals surface area contributed by atoms with Crippen molar-refractivity contribution in [3.05, 3.63) is 36.0 Å². The highest BCUT2D eigenvalue weighted by atomic mass is 16.4. The minimum Gasteiger partial charge on any atom is -0.455 e. The van der Waals surface area contributed by atoms with Gasteiger partial charge < -0.3 is 9.40 Å². The standard InChI is InChI=1S/C13H18N4O2/c1-3-17(4-2)9-10-5-6-11(19-10)12(18)16-13-14-7-8-15-13/h5-8H,3-4,9H2,1-2H3,(H2,14,15,16,18). The fourth-order valence-electron chi connectivity index (χ4n) is 1.76. The summed E-state index contributed by atoms with van der Waals surface area (Å²) in [5.74, 6) is 1.18. The lowest BCUT2D eigenvalue weighted by molar-refractivity contribution is 0.0992. The van der Waals surface area contributed by atoms with Crippen molar-refractivity contribution >= 4 is 11.9 Å². The Balaban J connectivity index is 1.98. The van der Waals surface area contributed by atoms with Crippen molar-refractivity contribution in [2.75, 3.05) is 18.4 Å². The van der Waals surface area contributed by atoms with E-state index >= 15 is 0 Å². The predicted molar refractivity (Wildman–Crippen MR) is 71.9 cm³/mol. The van der Waals surface area contributed by atoms with Crippen molar-refractivity contribution in [2.45, 2.75) is 20.4 Å². The lowest BCUT2D eigenvalue weighted by Crippen LogP contribution is -2.21. The summed E-state index contributed by atoms with van der Waals surface area (Å²) in [6.07, 6.45) is 3.22. The highest BCUT2D eigenvalue weighted by molar-refractivity contribution is 6.01. The smallest absolute Gasteiger partial charge is 0.293 e. The molecule has 0 radical (unpaired) electrons. The van der Waals surface area contributed by atoms with Gasteiger partial charge in [0, 0.05) is 12.4 Å². The first kappa shape index (κ1) is 13.4. The third kappa shape index (κ3) is 3.45. The molecule has 2 rings (SSSR count). The van der Waals surface area contributed by atoms with Gasteiger partial charge in [0.2, 0.25) is 5.95 Å². The summed E-state index contributed by atoms with van der Waals surface area (Å²) in [4.78, 5) is 20.8. The normalized spacial score (nSPS) is 10.9. The van der Waals surface area contributed by atoms with E-state index in [1.807, 2.05) is 6.07 Å². The van der Waals surface area contributed by atoms with Gasteiger partial charge in [-0.25, -0.2) is 4.98 Å². The van der Waals surface area contributed by atoms with Crippen molar-refractivity contribution in [2.24, 2.45) is 0 Å². The number of nitrogens with one attached hydrogen (secondary N) is 2. The van der Waals surface area contributed by atoms with Crippen LogP contribution in [0.1, 0.15) is 30.2 Å². The number of carbonyl (C=O) groups is 1. The molecule has 0 bridgehead atoms. The van der Waals surface area contributed by atoms with Gasteiger partial charge in [0.1, 0.15) is 5.76 Å². The largest absolute Gasteiger partial charge is 0.455 e. The third-order valence-electron chi connectivity index (χ3n) is 2.89. The van der Waals surface area contributed by atoms with Gasteiger partial charge in [0.25, 0.3) is 5.91 Å². The van der Waals surface area contributed by atoms with Gasteiger partial charge in [0.15, 0.2) is 5.76 Å². The van der Waals surface area contributed by atoms with Crippen molar-refractivity contribution in [1.82, 2.24) is 14.9 Å². The summed E-state index contributed by atoms with van der Waals surface area (Å²) in [6.45, 7) is 6.80. The molecule has 102 valence electrons. The second kappa shape index (κ2) is 6.19. The Morgan fingerprint density at radius 1 is 1.42 bits per heavy atom. The summed E-state index contributed by atoms with van der Waals surface area (Å²) in [6, 6.07) is 3.51. The molecule has 0 unspecified atom stereocenters. The van der Waals surface area contributed by atoms with Gasteiger partial charge in [-0.3, -0.25) is 15.0 Å². The Kier molecular flexibility index (Phi) is 4.35. The molecule has 6 heteroatoms. The molecule has 2 aromatic rings. The van der Waals surface area contributed by atoms with Crippen LogP contribution in [0.25, 0.3) is 0 Å². The van der Waals surface area contributed by atoms with Crippen molar-refractivity contribution < 1.29 is 9.21 Å². The van der Waals surface area contributed by atoms with Crippen molar-refractivity contribution in [3.8, 4) is 0 Å². The molecule has 6 nitrogen and oxygen atoms in total. The maximum atomic E-state index is 11.9. The van der Waals surface area contributed by atoms with Crippen LogP contribution in [-0.2, 0) is 6.54 Å². The van der Waals surface area contributed by atoms with Crippen molar-refractivity contribution in [3.63, 3.8) is 0 Å². The van der Waals surface area contributed by atoms with E-state index in [0.29, 0.717) is 18.3 Å². The van der Waals surface area contributed by atoms with Crippen LogP contribution >= 0.6 is 0 Å². The number of H-pyrrole nitrogens is 1. The number of aromatic nitrogens is 2. The minimum absolute atomic E-state index is 0.290. The van der Waals surface area contributed by atoms with Gasteiger partial charge in [0.05, 0.1) is 6.54 Å². The fraction of sp³-hybridized carbons (Fsp3) is 0.385. The molecular weight excluding hydrogens is 244 g/mol. The first-order valence-electron chi connectivity index (χ1n) is 6.34. The number of carbonyl (C=O) groups excluding carboxylic acids is 1. The number of rotatable bonds is 6. The summed E-state index contributed by atoms with van der Waals surface area (Å²) >= 11 is 0. The second-order valence-electron chi connectivity index (χ2n) is 4.12. The molecule has 0 fully saturated rings. The Hall–Kier alpha value is -2.08. The lowest BCUT2D eigenvalue weighted by atomic mass is 10.4. The van der Waals surface area contributed by atoms with E-state index in [2.05, 4.69) is 34.0 Å². The van der Waals surface area contributed by atoms with Gasteiger partial charge in [-0.1, -0.05) is 13.8 Å². The van der Waals surface area contributed by atoms with Crippen LogP contribution in [0.4, 0.5) is 5.95 Å². The molecule has 0 spiro atoms. The Labute approximate surface area is 111 Å². The molecular formula is C13H18N4O2. The van der Waals surface area contributed by atoms with Gasteiger partial charge in [-0.2, -0.15) is 0 Å². The highest BCUT2D eigenvalue weighted by Crippen LogP contribution is 2.12. The summed E-state index contributed by atoms with van der Waals surface area (Å²) in [7, 11) is 0. The number of aromatic amines is 1. The summed E-state index contributed by atoms with van der Waals surface area (Å²) in [5.41, 5.74) is 0. The van der Waals surface area contributed by atoms with E-state index in [1.54, 1.807) is 18.5 Å². The lowest BCUT2D eigenvalue weighted by Gasteiger charge is -2.15. The second-order valence-corrected chi connectivity index (χ2v) is 4.12. The SMILES string of the molecule is CCN(CC)Cc1ccc(C(=O)Nc2ncc[nH]2)o1. The number of furan rings is 1. The van der Waals surface area contributed by atoms with Crippen LogP contribution in [0, 0.1) is 0 Å². The predicted octanol–water partition coefficient (Wildman–Crippen LogP) is 2.10. The molecule has 0 aliphatic carbocycles. The van der Waals surface area contributed by atoms with E-state index in [0.717, 1.165) is 18.8 Å². The van der Waals surface area contributed by atoms with E-state index in [4.69, 9.17) is 4.42 Å². The number of amides is 1. The third-order valence-corrected chi connectivity index (χ3v) is 2.89. The maximum absolute atomic E-state index is 11.9. The zero-order chi connectivity index (χ0) is 13.7. The molecule has 2 aromatic heterocycles. The van der Waals surface area contributed by atoms with Crippen LogP contribution in [0.5, 0.6) is 0 Å². The van der Waals surface area contributed by atoms with Gasteiger partial charge >= 0.3 is 0 Å². The van der Waals surface area contributed by atoms with Crippen LogP contribution < -0.4 is 5.32 Å². The molecule has 0 saturated carbocycles. The van der Waals surface area contributed by atoms with Crippen LogP contribution in [0.15, 0.2) is 28.9 Å². The molecule has 0 aliphatic rings. The van der Waals surface area contributed by atoms with E-state index in [-0.39, 0.29) is 5.91 Å². The molecule has 0 aliphatic heterocycles. The molecule has 0 saturated heterocycles. The van der Waals surface area contributed by atoms with E-state index in [1.165, 1.54) is 0 Å².